The van der Waals surface area contributed by atoms with Gasteiger partial charge in [-0.1, -0.05) is 37.0 Å². The normalized spacial score (nSPS) is 9.40. The molecule has 1 N–H and O–H groups in total. The average molecular weight is 201 g/mol. The van der Waals surface area contributed by atoms with Crippen molar-refractivity contribution in [3.8, 4) is 11.8 Å². The molecule has 0 spiro atoms. The Balaban J connectivity index is 2.12. The van der Waals surface area contributed by atoms with Crippen LogP contribution in [-0.2, 0) is 0 Å². The lowest BCUT2D eigenvalue weighted by Crippen LogP contribution is -2.15. The summed E-state index contributed by atoms with van der Waals surface area (Å²) >= 11 is 0. The van der Waals surface area contributed by atoms with Gasteiger partial charge in [0.1, 0.15) is 0 Å². The van der Waals surface area contributed by atoms with Crippen LogP contribution >= 0.6 is 0 Å². The highest BCUT2D eigenvalue weighted by molar-refractivity contribution is 5.33. The summed E-state index contributed by atoms with van der Waals surface area (Å²) in [5.74, 6) is 6.35. The Bertz CT molecular complexity index is 305. The van der Waals surface area contributed by atoms with Gasteiger partial charge in [0, 0.05) is 12.0 Å². The highest BCUT2D eigenvalue weighted by atomic mass is 14.8. The summed E-state index contributed by atoms with van der Waals surface area (Å²) in [4.78, 5) is 0. The zero-order valence-electron chi connectivity index (χ0n) is 9.42. The highest BCUT2D eigenvalue weighted by Crippen LogP contribution is 1.95. The molecule has 0 aliphatic carbocycles. The molecular formula is C14H19N. The predicted molar refractivity (Wildman–Crippen MR) is 65.7 cm³/mol. The first kappa shape index (κ1) is 11.8. The van der Waals surface area contributed by atoms with E-state index < -0.39 is 0 Å². The zero-order valence-corrected chi connectivity index (χ0v) is 9.42. The SMILES string of the molecule is CCCNCCCC#Cc1ccccc1. The Morgan fingerprint density at radius 1 is 1.13 bits per heavy atom. The number of rotatable bonds is 5. The van der Waals surface area contributed by atoms with Gasteiger partial charge in [0.15, 0.2) is 0 Å². The van der Waals surface area contributed by atoms with Gasteiger partial charge in [-0.15, -0.1) is 0 Å². The van der Waals surface area contributed by atoms with E-state index in [4.69, 9.17) is 0 Å². The summed E-state index contributed by atoms with van der Waals surface area (Å²) in [6.07, 6.45) is 3.32. The fraction of sp³-hybridized carbons (Fsp3) is 0.429. The van der Waals surface area contributed by atoms with E-state index in [1.807, 2.05) is 30.3 Å². The second-order valence-electron chi connectivity index (χ2n) is 3.52. The van der Waals surface area contributed by atoms with Crippen molar-refractivity contribution in [1.29, 1.82) is 0 Å². The van der Waals surface area contributed by atoms with Gasteiger partial charge in [-0.25, -0.2) is 0 Å². The van der Waals surface area contributed by atoms with Crippen molar-refractivity contribution in [1.82, 2.24) is 5.32 Å². The van der Waals surface area contributed by atoms with Crippen LogP contribution in [0.1, 0.15) is 31.7 Å². The van der Waals surface area contributed by atoms with Crippen LogP contribution in [0.4, 0.5) is 0 Å². The molecule has 1 heteroatoms. The molecule has 0 aliphatic rings. The number of nitrogens with one attached hydrogen (secondary N) is 1. The highest BCUT2D eigenvalue weighted by Gasteiger charge is 1.84. The zero-order chi connectivity index (χ0) is 10.8. The molecule has 0 saturated heterocycles. The monoisotopic (exact) mass is 201 g/mol. The van der Waals surface area contributed by atoms with Crippen molar-refractivity contribution in [2.45, 2.75) is 26.2 Å². The van der Waals surface area contributed by atoms with Crippen molar-refractivity contribution in [2.24, 2.45) is 0 Å². The molecule has 1 rings (SSSR count). The Hall–Kier alpha value is -1.26. The third kappa shape index (κ3) is 5.93. The van der Waals surface area contributed by atoms with Gasteiger partial charge in [-0.3, -0.25) is 0 Å². The molecular weight excluding hydrogens is 182 g/mol. The molecule has 0 fully saturated rings. The van der Waals surface area contributed by atoms with E-state index >= 15 is 0 Å². The molecule has 0 radical (unpaired) electrons. The summed E-state index contributed by atoms with van der Waals surface area (Å²) in [5, 5.41) is 3.37. The van der Waals surface area contributed by atoms with Gasteiger partial charge < -0.3 is 5.32 Å². The van der Waals surface area contributed by atoms with Gasteiger partial charge in [0.05, 0.1) is 0 Å². The molecule has 1 aromatic rings. The van der Waals surface area contributed by atoms with Crippen LogP contribution in [-0.4, -0.2) is 13.1 Å². The van der Waals surface area contributed by atoms with E-state index in [-0.39, 0.29) is 0 Å². The summed E-state index contributed by atoms with van der Waals surface area (Å²) in [7, 11) is 0. The number of hydrogen-bond acceptors (Lipinski definition) is 1. The van der Waals surface area contributed by atoms with Crippen LogP contribution in [0.2, 0.25) is 0 Å². The Morgan fingerprint density at radius 2 is 1.93 bits per heavy atom. The third-order valence-electron chi connectivity index (χ3n) is 2.09. The minimum Gasteiger partial charge on any atom is -0.317 e. The van der Waals surface area contributed by atoms with Crippen LogP contribution in [0.3, 0.4) is 0 Å². The lowest BCUT2D eigenvalue weighted by molar-refractivity contribution is 0.648. The van der Waals surface area contributed by atoms with Crippen LogP contribution in [0.25, 0.3) is 0 Å². The minimum absolute atomic E-state index is 0.978. The topological polar surface area (TPSA) is 12.0 Å². The van der Waals surface area contributed by atoms with Gasteiger partial charge in [-0.2, -0.15) is 0 Å². The van der Waals surface area contributed by atoms with E-state index in [1.54, 1.807) is 0 Å². The molecule has 80 valence electrons. The quantitative estimate of drug-likeness (QED) is 0.570. The van der Waals surface area contributed by atoms with Crippen LogP contribution < -0.4 is 5.32 Å². The summed E-state index contributed by atoms with van der Waals surface area (Å²) in [6.45, 7) is 4.38. The van der Waals surface area contributed by atoms with Crippen molar-refractivity contribution in [2.75, 3.05) is 13.1 Å². The molecule has 1 nitrogen and oxygen atoms in total. The molecule has 0 bridgehead atoms. The Labute approximate surface area is 92.9 Å². The van der Waals surface area contributed by atoms with E-state index in [0.29, 0.717) is 0 Å². The Morgan fingerprint density at radius 3 is 2.67 bits per heavy atom. The fourth-order valence-corrected chi connectivity index (χ4v) is 1.29. The third-order valence-corrected chi connectivity index (χ3v) is 2.09. The second-order valence-corrected chi connectivity index (χ2v) is 3.52. The number of hydrogen-bond donors (Lipinski definition) is 1. The standard InChI is InChI=1S/C14H19N/c1-2-12-15-13-8-4-7-11-14-9-5-3-6-10-14/h3,5-6,9-10,15H,2,4,8,12-13H2,1H3. The lowest BCUT2D eigenvalue weighted by Gasteiger charge is -1.98. The lowest BCUT2D eigenvalue weighted by atomic mass is 10.2. The number of unbranched alkanes of at least 4 members (excludes halogenated alkanes) is 1. The first-order valence-corrected chi connectivity index (χ1v) is 5.68. The summed E-state index contributed by atoms with van der Waals surface area (Å²) in [6, 6.07) is 10.1. The fourth-order valence-electron chi connectivity index (χ4n) is 1.29. The predicted octanol–water partition coefficient (Wildman–Crippen LogP) is 2.82. The molecule has 0 aromatic heterocycles. The summed E-state index contributed by atoms with van der Waals surface area (Å²) in [5.41, 5.74) is 1.11. The molecule has 1 aromatic carbocycles. The number of benzene rings is 1. The maximum absolute atomic E-state index is 3.37. The van der Waals surface area contributed by atoms with Gasteiger partial charge >= 0.3 is 0 Å². The van der Waals surface area contributed by atoms with Crippen molar-refractivity contribution in [3.63, 3.8) is 0 Å². The van der Waals surface area contributed by atoms with Crippen LogP contribution in [0, 0.1) is 11.8 Å². The van der Waals surface area contributed by atoms with Gasteiger partial charge in [-0.05, 0) is 38.1 Å². The molecule has 0 unspecified atom stereocenters. The average Bonchev–Trinajstić information content (AvgIpc) is 2.29. The first-order chi connectivity index (χ1) is 7.43. The van der Waals surface area contributed by atoms with E-state index in [1.165, 1.54) is 6.42 Å². The molecule has 0 amide bonds. The molecule has 0 saturated carbocycles. The van der Waals surface area contributed by atoms with Crippen molar-refractivity contribution in [3.05, 3.63) is 35.9 Å². The molecule has 15 heavy (non-hydrogen) atoms. The van der Waals surface area contributed by atoms with E-state index in [0.717, 1.165) is 31.5 Å². The van der Waals surface area contributed by atoms with E-state index in [9.17, 15) is 0 Å². The largest absolute Gasteiger partial charge is 0.317 e. The van der Waals surface area contributed by atoms with Gasteiger partial charge in [0.25, 0.3) is 0 Å². The molecule has 0 heterocycles. The smallest absolute Gasteiger partial charge is 0.0245 e. The van der Waals surface area contributed by atoms with Crippen LogP contribution in [0.15, 0.2) is 30.3 Å². The molecule has 0 aliphatic heterocycles. The van der Waals surface area contributed by atoms with Crippen molar-refractivity contribution >= 4 is 0 Å². The van der Waals surface area contributed by atoms with Gasteiger partial charge in [0.2, 0.25) is 0 Å². The second kappa shape index (κ2) is 8.08. The maximum Gasteiger partial charge on any atom is 0.0245 e. The Kier molecular flexibility index (Phi) is 6.36. The van der Waals surface area contributed by atoms with Crippen LogP contribution in [0.5, 0.6) is 0 Å². The molecule has 0 atom stereocenters. The summed E-state index contributed by atoms with van der Waals surface area (Å²) < 4.78 is 0. The van der Waals surface area contributed by atoms with E-state index in [2.05, 4.69) is 24.1 Å². The first-order valence-electron chi connectivity index (χ1n) is 5.68. The van der Waals surface area contributed by atoms with Crippen molar-refractivity contribution < 1.29 is 0 Å². The maximum atomic E-state index is 3.37. The minimum atomic E-state index is 0.978.